The molecule has 0 saturated carbocycles. The Bertz CT molecular complexity index is 568. The SMILES string of the molecule is CC(NCCNC(=O)N(C)C)c1ccc(S(C)(=O)=O)cc1. The van der Waals surface area contributed by atoms with E-state index in [1.807, 2.05) is 6.92 Å². The molecule has 1 aromatic carbocycles. The Hall–Kier alpha value is -1.60. The first kappa shape index (κ1) is 17.5. The van der Waals surface area contributed by atoms with Crippen LogP contribution in [0.5, 0.6) is 0 Å². The molecule has 0 aliphatic rings. The van der Waals surface area contributed by atoms with Crippen LogP contribution in [-0.2, 0) is 9.84 Å². The monoisotopic (exact) mass is 313 g/mol. The van der Waals surface area contributed by atoms with Crippen molar-refractivity contribution in [2.45, 2.75) is 17.9 Å². The normalized spacial score (nSPS) is 12.8. The summed E-state index contributed by atoms with van der Waals surface area (Å²) in [6.45, 7) is 3.15. The zero-order valence-corrected chi connectivity index (χ0v) is 13.7. The number of urea groups is 1. The molecule has 7 heteroatoms. The number of carbonyl (C=O) groups excluding carboxylic acids is 1. The van der Waals surface area contributed by atoms with E-state index in [9.17, 15) is 13.2 Å². The van der Waals surface area contributed by atoms with E-state index in [1.54, 1.807) is 38.4 Å². The summed E-state index contributed by atoms with van der Waals surface area (Å²) in [6.07, 6.45) is 1.19. The van der Waals surface area contributed by atoms with Crippen molar-refractivity contribution in [2.75, 3.05) is 33.4 Å². The fraction of sp³-hybridized carbons (Fsp3) is 0.500. The van der Waals surface area contributed by atoms with Gasteiger partial charge in [-0.1, -0.05) is 12.1 Å². The van der Waals surface area contributed by atoms with Crippen LogP contribution in [0.1, 0.15) is 18.5 Å². The molecule has 0 radical (unpaired) electrons. The molecule has 6 nitrogen and oxygen atoms in total. The van der Waals surface area contributed by atoms with E-state index in [1.165, 1.54) is 11.2 Å². The number of nitrogens with zero attached hydrogens (tertiary/aromatic N) is 1. The highest BCUT2D eigenvalue weighted by Gasteiger charge is 2.09. The lowest BCUT2D eigenvalue weighted by atomic mass is 10.1. The van der Waals surface area contributed by atoms with Gasteiger partial charge in [-0.15, -0.1) is 0 Å². The van der Waals surface area contributed by atoms with Gasteiger partial charge in [0.15, 0.2) is 9.84 Å². The van der Waals surface area contributed by atoms with E-state index in [0.29, 0.717) is 18.0 Å². The Kier molecular flexibility index (Phi) is 6.17. The molecule has 0 saturated heterocycles. The van der Waals surface area contributed by atoms with Crippen molar-refractivity contribution in [1.29, 1.82) is 0 Å². The van der Waals surface area contributed by atoms with E-state index < -0.39 is 9.84 Å². The van der Waals surface area contributed by atoms with Crippen LogP contribution in [0.25, 0.3) is 0 Å². The zero-order chi connectivity index (χ0) is 16.0. The smallest absolute Gasteiger partial charge is 0.316 e. The maximum atomic E-state index is 11.4. The highest BCUT2D eigenvalue weighted by Crippen LogP contribution is 2.15. The minimum atomic E-state index is -3.16. The molecule has 1 unspecified atom stereocenters. The lowest BCUT2D eigenvalue weighted by molar-refractivity contribution is 0.217. The molecule has 2 N–H and O–H groups in total. The molecule has 0 aromatic heterocycles. The molecule has 21 heavy (non-hydrogen) atoms. The fourth-order valence-corrected chi connectivity index (χ4v) is 2.37. The predicted molar refractivity (Wildman–Crippen MR) is 83.1 cm³/mol. The van der Waals surface area contributed by atoms with E-state index in [2.05, 4.69) is 10.6 Å². The van der Waals surface area contributed by atoms with Crippen molar-refractivity contribution in [3.63, 3.8) is 0 Å². The van der Waals surface area contributed by atoms with Gasteiger partial charge in [0.1, 0.15) is 0 Å². The second-order valence-electron chi connectivity index (χ2n) is 5.14. The Morgan fingerprint density at radius 2 is 1.76 bits per heavy atom. The summed E-state index contributed by atoms with van der Waals surface area (Å²) in [7, 11) is 0.222. The molecule has 0 fully saturated rings. The maximum Gasteiger partial charge on any atom is 0.316 e. The van der Waals surface area contributed by atoms with Crippen LogP contribution in [0.2, 0.25) is 0 Å². The number of hydrogen-bond acceptors (Lipinski definition) is 4. The van der Waals surface area contributed by atoms with Gasteiger partial charge in [0.25, 0.3) is 0 Å². The quantitative estimate of drug-likeness (QED) is 0.768. The molecule has 0 aliphatic heterocycles. The fourth-order valence-electron chi connectivity index (χ4n) is 1.74. The summed E-state index contributed by atoms with van der Waals surface area (Å²) >= 11 is 0. The lowest BCUT2D eigenvalue weighted by Crippen LogP contribution is -2.38. The second kappa shape index (κ2) is 7.42. The molecular formula is C14H23N3O3S. The summed E-state index contributed by atoms with van der Waals surface area (Å²) in [5.74, 6) is 0. The van der Waals surface area contributed by atoms with Crippen LogP contribution < -0.4 is 10.6 Å². The molecule has 1 atom stereocenters. The summed E-state index contributed by atoms with van der Waals surface area (Å²) in [5, 5.41) is 6.03. The Labute approximate surface area is 126 Å². The van der Waals surface area contributed by atoms with Crippen molar-refractivity contribution < 1.29 is 13.2 Å². The van der Waals surface area contributed by atoms with Gasteiger partial charge in [0, 0.05) is 39.5 Å². The number of benzene rings is 1. The Morgan fingerprint density at radius 1 is 1.19 bits per heavy atom. The molecule has 118 valence electrons. The Balaban J connectivity index is 2.46. The second-order valence-corrected chi connectivity index (χ2v) is 7.16. The van der Waals surface area contributed by atoms with Gasteiger partial charge in [-0.25, -0.2) is 13.2 Å². The summed E-state index contributed by atoms with van der Waals surface area (Å²) in [6, 6.07) is 6.77. The van der Waals surface area contributed by atoms with Gasteiger partial charge >= 0.3 is 6.03 Å². The molecule has 0 bridgehead atoms. The van der Waals surface area contributed by atoms with Crippen molar-refractivity contribution in [3.8, 4) is 0 Å². The van der Waals surface area contributed by atoms with Crippen molar-refractivity contribution in [2.24, 2.45) is 0 Å². The van der Waals surface area contributed by atoms with Crippen LogP contribution >= 0.6 is 0 Å². The summed E-state index contributed by atoms with van der Waals surface area (Å²) < 4.78 is 22.8. The highest BCUT2D eigenvalue weighted by atomic mass is 32.2. The van der Waals surface area contributed by atoms with E-state index in [0.717, 1.165) is 5.56 Å². The van der Waals surface area contributed by atoms with Crippen molar-refractivity contribution >= 4 is 15.9 Å². The number of rotatable bonds is 6. The summed E-state index contributed by atoms with van der Waals surface area (Å²) in [4.78, 5) is 13.1. The van der Waals surface area contributed by atoms with Crippen molar-refractivity contribution in [3.05, 3.63) is 29.8 Å². The number of hydrogen-bond donors (Lipinski definition) is 2. The third kappa shape index (κ3) is 5.73. The van der Waals surface area contributed by atoms with E-state index in [-0.39, 0.29) is 12.1 Å². The van der Waals surface area contributed by atoms with Crippen LogP contribution in [0.3, 0.4) is 0 Å². The zero-order valence-electron chi connectivity index (χ0n) is 12.9. The first-order chi connectivity index (χ1) is 9.71. The van der Waals surface area contributed by atoms with E-state index >= 15 is 0 Å². The van der Waals surface area contributed by atoms with Crippen LogP contribution in [0, 0.1) is 0 Å². The van der Waals surface area contributed by atoms with Gasteiger partial charge in [-0.05, 0) is 24.6 Å². The minimum Gasteiger partial charge on any atom is -0.337 e. The topological polar surface area (TPSA) is 78.5 Å². The molecule has 2 amide bonds. The molecule has 1 rings (SSSR count). The number of carbonyl (C=O) groups is 1. The molecule has 0 aliphatic carbocycles. The Morgan fingerprint density at radius 3 is 2.24 bits per heavy atom. The predicted octanol–water partition coefficient (Wildman–Crippen LogP) is 1.01. The van der Waals surface area contributed by atoms with Crippen LogP contribution in [0.15, 0.2) is 29.2 Å². The minimum absolute atomic E-state index is 0.0786. The third-order valence-corrected chi connectivity index (χ3v) is 4.19. The third-order valence-electron chi connectivity index (χ3n) is 3.07. The standard InChI is InChI=1S/C14H23N3O3S/c1-11(15-9-10-16-14(18)17(2)3)12-5-7-13(8-6-12)21(4,19)20/h5-8,11,15H,9-10H2,1-4H3,(H,16,18). The number of amides is 2. The summed E-state index contributed by atoms with van der Waals surface area (Å²) in [5.41, 5.74) is 1.00. The van der Waals surface area contributed by atoms with Gasteiger partial charge in [-0.2, -0.15) is 0 Å². The van der Waals surface area contributed by atoms with Crippen molar-refractivity contribution in [1.82, 2.24) is 15.5 Å². The average Bonchev–Trinajstić information content (AvgIpc) is 2.42. The molecule has 1 aromatic rings. The largest absolute Gasteiger partial charge is 0.337 e. The van der Waals surface area contributed by atoms with Gasteiger partial charge in [0.05, 0.1) is 4.90 Å². The van der Waals surface area contributed by atoms with Gasteiger partial charge in [0.2, 0.25) is 0 Å². The van der Waals surface area contributed by atoms with Crippen LogP contribution in [0.4, 0.5) is 4.79 Å². The first-order valence-corrected chi connectivity index (χ1v) is 8.59. The van der Waals surface area contributed by atoms with Crippen LogP contribution in [-0.4, -0.2) is 52.8 Å². The van der Waals surface area contributed by atoms with E-state index in [4.69, 9.17) is 0 Å². The van der Waals surface area contributed by atoms with Gasteiger partial charge in [-0.3, -0.25) is 0 Å². The molecular weight excluding hydrogens is 290 g/mol. The lowest BCUT2D eigenvalue weighted by Gasteiger charge is -2.16. The maximum absolute atomic E-state index is 11.4. The molecule has 0 heterocycles. The molecule has 0 spiro atoms. The first-order valence-electron chi connectivity index (χ1n) is 6.70. The number of sulfone groups is 1. The van der Waals surface area contributed by atoms with Gasteiger partial charge < -0.3 is 15.5 Å². The average molecular weight is 313 g/mol. The highest BCUT2D eigenvalue weighted by molar-refractivity contribution is 7.90. The number of nitrogens with one attached hydrogen (secondary N) is 2.